The van der Waals surface area contributed by atoms with Crippen molar-refractivity contribution in [3.63, 3.8) is 0 Å². The van der Waals surface area contributed by atoms with Crippen LogP contribution in [0, 0.1) is 18.8 Å². The Bertz CT molecular complexity index is 384. The summed E-state index contributed by atoms with van der Waals surface area (Å²) in [5.74, 6) is 2.87. The zero-order valence-corrected chi connectivity index (χ0v) is 13.0. The summed E-state index contributed by atoms with van der Waals surface area (Å²) < 4.78 is 1.08. The Morgan fingerprint density at radius 3 is 2.72 bits per heavy atom. The van der Waals surface area contributed by atoms with Gasteiger partial charge in [-0.2, -0.15) is 0 Å². The Balaban J connectivity index is 1.73. The lowest BCUT2D eigenvalue weighted by atomic mass is 9.81. The summed E-state index contributed by atoms with van der Waals surface area (Å²) in [7, 11) is 0. The van der Waals surface area contributed by atoms with Gasteiger partial charge in [-0.15, -0.1) is 0 Å². The maximum absolute atomic E-state index is 4.38. The van der Waals surface area contributed by atoms with Gasteiger partial charge in [-0.1, -0.05) is 32.6 Å². The molecule has 0 spiro atoms. The topological polar surface area (TPSA) is 24.9 Å². The van der Waals surface area contributed by atoms with E-state index in [1.807, 2.05) is 6.20 Å². The standard InChI is InChI=1S/C15H23BrN2/c1-11-3-5-13(6-4-11)7-8-17-15-9-12(2)14(16)10-18-15/h9-11,13H,3-8H2,1-2H3,(H,17,18). The molecular formula is C15H23BrN2. The number of halogens is 1. The molecule has 2 nitrogen and oxygen atoms in total. The fraction of sp³-hybridized carbons (Fsp3) is 0.667. The van der Waals surface area contributed by atoms with Crippen LogP contribution in [0.25, 0.3) is 0 Å². The van der Waals surface area contributed by atoms with Gasteiger partial charge in [-0.3, -0.25) is 0 Å². The number of aromatic nitrogens is 1. The van der Waals surface area contributed by atoms with Crippen molar-refractivity contribution in [3.8, 4) is 0 Å². The molecule has 0 bridgehead atoms. The van der Waals surface area contributed by atoms with Crippen LogP contribution >= 0.6 is 15.9 Å². The second-order valence-corrected chi connectivity index (χ2v) is 6.51. The van der Waals surface area contributed by atoms with Crippen molar-refractivity contribution in [2.45, 2.75) is 46.0 Å². The number of hydrogen-bond acceptors (Lipinski definition) is 2. The molecular weight excluding hydrogens is 288 g/mol. The van der Waals surface area contributed by atoms with Gasteiger partial charge in [0, 0.05) is 17.2 Å². The van der Waals surface area contributed by atoms with E-state index in [9.17, 15) is 0 Å². The number of aryl methyl sites for hydroxylation is 1. The minimum absolute atomic E-state index is 0.922. The zero-order valence-electron chi connectivity index (χ0n) is 11.4. The first-order valence-electron chi connectivity index (χ1n) is 7.01. The van der Waals surface area contributed by atoms with Crippen LogP contribution in [0.4, 0.5) is 5.82 Å². The molecule has 1 saturated carbocycles. The molecule has 1 aromatic rings. The van der Waals surface area contributed by atoms with Gasteiger partial charge in [0.25, 0.3) is 0 Å². The summed E-state index contributed by atoms with van der Waals surface area (Å²) in [5.41, 5.74) is 1.24. The Morgan fingerprint density at radius 2 is 2.06 bits per heavy atom. The first-order valence-corrected chi connectivity index (χ1v) is 7.80. The first-order chi connectivity index (χ1) is 8.65. The molecule has 0 unspecified atom stereocenters. The van der Waals surface area contributed by atoms with Gasteiger partial charge in [0.05, 0.1) is 0 Å². The predicted octanol–water partition coefficient (Wildman–Crippen LogP) is 4.78. The lowest BCUT2D eigenvalue weighted by molar-refractivity contribution is 0.282. The number of rotatable bonds is 4. The number of pyridine rings is 1. The van der Waals surface area contributed by atoms with Crippen molar-refractivity contribution in [2.24, 2.45) is 11.8 Å². The third-order valence-electron chi connectivity index (χ3n) is 4.04. The quantitative estimate of drug-likeness (QED) is 0.865. The maximum Gasteiger partial charge on any atom is 0.126 e. The summed E-state index contributed by atoms with van der Waals surface area (Å²) in [6.45, 7) is 5.52. The number of hydrogen-bond donors (Lipinski definition) is 1. The molecule has 1 aliphatic rings. The summed E-state index contributed by atoms with van der Waals surface area (Å²) in [6.07, 6.45) is 8.81. The minimum atomic E-state index is 0.922. The highest BCUT2D eigenvalue weighted by atomic mass is 79.9. The number of nitrogens with one attached hydrogen (secondary N) is 1. The van der Waals surface area contributed by atoms with Crippen molar-refractivity contribution in [1.29, 1.82) is 0 Å². The second-order valence-electron chi connectivity index (χ2n) is 5.66. The molecule has 2 rings (SSSR count). The molecule has 100 valence electrons. The predicted molar refractivity (Wildman–Crippen MR) is 80.9 cm³/mol. The minimum Gasteiger partial charge on any atom is -0.370 e. The molecule has 0 atom stereocenters. The molecule has 1 heterocycles. The molecule has 0 radical (unpaired) electrons. The Hall–Kier alpha value is -0.570. The molecule has 1 fully saturated rings. The summed E-state index contributed by atoms with van der Waals surface area (Å²) >= 11 is 3.48. The molecule has 0 saturated heterocycles. The normalized spacial score (nSPS) is 23.9. The molecule has 1 aliphatic carbocycles. The van der Waals surface area contributed by atoms with Crippen molar-refractivity contribution >= 4 is 21.7 Å². The first kappa shape index (κ1) is 13.9. The van der Waals surface area contributed by atoms with Gasteiger partial charge in [-0.05, 0) is 52.7 Å². The third kappa shape index (κ3) is 3.98. The fourth-order valence-corrected chi connectivity index (χ4v) is 2.87. The Morgan fingerprint density at radius 1 is 1.33 bits per heavy atom. The molecule has 3 heteroatoms. The molecule has 0 aliphatic heterocycles. The van der Waals surface area contributed by atoms with Gasteiger partial charge in [0.2, 0.25) is 0 Å². The highest BCUT2D eigenvalue weighted by Gasteiger charge is 2.17. The van der Waals surface area contributed by atoms with E-state index in [1.165, 1.54) is 37.7 Å². The Kier molecular flexibility index (Phi) is 5.04. The van der Waals surface area contributed by atoms with E-state index in [2.05, 4.69) is 46.1 Å². The number of anilines is 1. The zero-order chi connectivity index (χ0) is 13.0. The van der Waals surface area contributed by atoms with E-state index in [-0.39, 0.29) is 0 Å². The SMILES string of the molecule is Cc1cc(NCCC2CCC(C)CC2)ncc1Br. The molecule has 0 amide bonds. The second kappa shape index (κ2) is 6.55. The van der Waals surface area contributed by atoms with Crippen LogP contribution in [0.5, 0.6) is 0 Å². The van der Waals surface area contributed by atoms with Gasteiger partial charge in [0.15, 0.2) is 0 Å². The fourth-order valence-electron chi connectivity index (χ4n) is 2.66. The van der Waals surface area contributed by atoms with E-state index in [0.29, 0.717) is 0 Å². The average molecular weight is 311 g/mol. The molecule has 0 aromatic carbocycles. The van der Waals surface area contributed by atoms with Crippen molar-refractivity contribution in [3.05, 3.63) is 22.3 Å². The highest BCUT2D eigenvalue weighted by molar-refractivity contribution is 9.10. The van der Waals surface area contributed by atoms with Gasteiger partial charge in [-0.25, -0.2) is 4.98 Å². The van der Waals surface area contributed by atoms with Gasteiger partial charge in [0.1, 0.15) is 5.82 Å². The Labute approximate surface area is 119 Å². The monoisotopic (exact) mass is 310 g/mol. The highest BCUT2D eigenvalue weighted by Crippen LogP contribution is 2.30. The average Bonchev–Trinajstić information content (AvgIpc) is 2.36. The van der Waals surface area contributed by atoms with Crippen LogP contribution in [0.1, 0.15) is 44.6 Å². The van der Waals surface area contributed by atoms with Crippen molar-refractivity contribution < 1.29 is 0 Å². The van der Waals surface area contributed by atoms with Gasteiger partial charge < -0.3 is 5.32 Å². The van der Waals surface area contributed by atoms with E-state index in [0.717, 1.165) is 28.7 Å². The summed E-state index contributed by atoms with van der Waals surface area (Å²) in [6, 6.07) is 2.10. The van der Waals surface area contributed by atoms with E-state index in [4.69, 9.17) is 0 Å². The van der Waals surface area contributed by atoms with Crippen molar-refractivity contribution in [1.82, 2.24) is 4.98 Å². The van der Waals surface area contributed by atoms with Crippen LogP contribution in [0.2, 0.25) is 0 Å². The summed E-state index contributed by atoms with van der Waals surface area (Å²) in [5, 5.41) is 3.44. The van der Waals surface area contributed by atoms with E-state index >= 15 is 0 Å². The van der Waals surface area contributed by atoms with Crippen LogP contribution in [0.15, 0.2) is 16.7 Å². The van der Waals surface area contributed by atoms with Gasteiger partial charge >= 0.3 is 0 Å². The largest absolute Gasteiger partial charge is 0.370 e. The molecule has 1 aromatic heterocycles. The third-order valence-corrected chi connectivity index (χ3v) is 4.87. The maximum atomic E-state index is 4.38. The van der Waals surface area contributed by atoms with Crippen LogP contribution in [-0.2, 0) is 0 Å². The van der Waals surface area contributed by atoms with Crippen LogP contribution in [-0.4, -0.2) is 11.5 Å². The van der Waals surface area contributed by atoms with E-state index in [1.54, 1.807) is 0 Å². The van der Waals surface area contributed by atoms with Crippen LogP contribution < -0.4 is 5.32 Å². The van der Waals surface area contributed by atoms with E-state index < -0.39 is 0 Å². The number of nitrogens with zero attached hydrogens (tertiary/aromatic N) is 1. The molecule has 18 heavy (non-hydrogen) atoms. The van der Waals surface area contributed by atoms with Crippen molar-refractivity contribution in [2.75, 3.05) is 11.9 Å². The molecule has 1 N–H and O–H groups in total. The van der Waals surface area contributed by atoms with Crippen LogP contribution in [0.3, 0.4) is 0 Å². The smallest absolute Gasteiger partial charge is 0.126 e. The lowest BCUT2D eigenvalue weighted by Crippen LogP contribution is -2.16. The summed E-state index contributed by atoms with van der Waals surface area (Å²) in [4.78, 5) is 4.38. The lowest BCUT2D eigenvalue weighted by Gasteiger charge is -2.26.